The molecule has 1 aromatic carbocycles. The second-order valence-electron chi connectivity index (χ2n) is 6.23. The summed E-state index contributed by atoms with van der Waals surface area (Å²) >= 11 is 0. The van der Waals surface area contributed by atoms with E-state index in [1.807, 2.05) is 0 Å². The fourth-order valence-electron chi connectivity index (χ4n) is 2.97. The van der Waals surface area contributed by atoms with Gasteiger partial charge in [-0.1, -0.05) is 0 Å². The molecule has 2 heterocycles. The van der Waals surface area contributed by atoms with Gasteiger partial charge in [-0.3, -0.25) is 0 Å². The molecular formula is C17H23FN4O3. The molecule has 0 bridgehead atoms. The van der Waals surface area contributed by atoms with Gasteiger partial charge in [0.25, 0.3) is 0 Å². The van der Waals surface area contributed by atoms with E-state index in [9.17, 15) is 14.0 Å². The number of halogens is 1. The number of hydrogen-bond acceptors (Lipinski definition) is 3. The van der Waals surface area contributed by atoms with E-state index >= 15 is 0 Å². The van der Waals surface area contributed by atoms with E-state index in [1.165, 1.54) is 24.3 Å². The molecule has 2 fully saturated rings. The minimum absolute atomic E-state index is 0.117. The quantitative estimate of drug-likeness (QED) is 0.874. The van der Waals surface area contributed by atoms with Crippen LogP contribution in [0.3, 0.4) is 0 Å². The summed E-state index contributed by atoms with van der Waals surface area (Å²) in [6.45, 7) is 3.18. The average Bonchev–Trinajstić information content (AvgIpc) is 3.15. The highest BCUT2D eigenvalue weighted by Crippen LogP contribution is 2.12. The van der Waals surface area contributed by atoms with Crippen LogP contribution < -0.4 is 10.6 Å². The normalized spacial score (nSPS) is 20.4. The van der Waals surface area contributed by atoms with Gasteiger partial charge in [-0.05, 0) is 37.1 Å². The Kier molecular flexibility index (Phi) is 5.70. The highest BCUT2D eigenvalue weighted by atomic mass is 19.1. The van der Waals surface area contributed by atoms with Gasteiger partial charge in [-0.15, -0.1) is 0 Å². The Labute approximate surface area is 146 Å². The first-order chi connectivity index (χ1) is 12.1. The fourth-order valence-corrected chi connectivity index (χ4v) is 2.97. The van der Waals surface area contributed by atoms with Gasteiger partial charge in [-0.2, -0.15) is 0 Å². The lowest BCUT2D eigenvalue weighted by Gasteiger charge is -2.34. The molecule has 0 aromatic heterocycles. The Morgan fingerprint density at radius 2 is 1.72 bits per heavy atom. The van der Waals surface area contributed by atoms with Gasteiger partial charge in [0.15, 0.2) is 0 Å². The number of urea groups is 2. The number of carbonyl (C=O) groups excluding carboxylic acids is 2. The summed E-state index contributed by atoms with van der Waals surface area (Å²) in [5.74, 6) is -0.347. The van der Waals surface area contributed by atoms with Crippen molar-refractivity contribution < 1.29 is 18.7 Å². The maximum Gasteiger partial charge on any atom is 0.321 e. The zero-order valence-corrected chi connectivity index (χ0v) is 14.0. The molecule has 0 spiro atoms. The number of piperazine rings is 1. The van der Waals surface area contributed by atoms with Crippen molar-refractivity contribution in [1.82, 2.24) is 15.1 Å². The number of nitrogens with one attached hydrogen (secondary N) is 2. The highest BCUT2D eigenvalue weighted by Gasteiger charge is 2.25. The number of nitrogens with zero attached hydrogens (tertiary/aromatic N) is 2. The molecule has 7 nitrogen and oxygen atoms in total. The summed E-state index contributed by atoms with van der Waals surface area (Å²) in [5, 5.41) is 5.62. The second kappa shape index (κ2) is 8.15. The van der Waals surface area contributed by atoms with E-state index in [1.54, 1.807) is 9.80 Å². The van der Waals surface area contributed by atoms with Crippen molar-refractivity contribution in [3.05, 3.63) is 30.1 Å². The molecule has 136 valence electrons. The number of rotatable bonds is 3. The smallest absolute Gasteiger partial charge is 0.321 e. The summed E-state index contributed by atoms with van der Waals surface area (Å²) in [4.78, 5) is 27.7. The van der Waals surface area contributed by atoms with Crippen LogP contribution in [0.5, 0.6) is 0 Å². The van der Waals surface area contributed by atoms with Crippen molar-refractivity contribution in [3.8, 4) is 0 Å². The number of carbonyl (C=O) groups is 2. The van der Waals surface area contributed by atoms with Crippen LogP contribution in [0, 0.1) is 5.82 Å². The molecule has 2 N–H and O–H groups in total. The third-order valence-electron chi connectivity index (χ3n) is 4.45. The van der Waals surface area contributed by atoms with Gasteiger partial charge in [0.1, 0.15) is 5.82 Å². The van der Waals surface area contributed by atoms with Crippen LogP contribution in [0.2, 0.25) is 0 Å². The lowest BCUT2D eigenvalue weighted by atomic mass is 10.2. The first kappa shape index (κ1) is 17.5. The van der Waals surface area contributed by atoms with Crippen molar-refractivity contribution in [2.75, 3.05) is 44.6 Å². The van der Waals surface area contributed by atoms with Crippen LogP contribution in [-0.2, 0) is 4.74 Å². The van der Waals surface area contributed by atoms with Crippen LogP contribution in [0.25, 0.3) is 0 Å². The Hall–Kier alpha value is -2.35. The standard InChI is InChI=1S/C17H23FN4O3/c18-13-3-5-14(6-4-13)20-17(24)22-9-7-21(8-10-22)16(23)19-12-15-2-1-11-25-15/h3-6,15H,1-2,7-12H2,(H,19,23)(H,20,24). The first-order valence-corrected chi connectivity index (χ1v) is 8.58. The molecule has 0 aliphatic carbocycles. The van der Waals surface area contributed by atoms with Crippen molar-refractivity contribution >= 4 is 17.7 Å². The number of ether oxygens (including phenoxy) is 1. The number of hydrogen-bond donors (Lipinski definition) is 2. The topological polar surface area (TPSA) is 73.9 Å². The maximum atomic E-state index is 12.9. The Balaban J connectivity index is 1.40. The summed E-state index contributed by atoms with van der Waals surface area (Å²) in [6.07, 6.45) is 2.15. The fraction of sp³-hybridized carbons (Fsp3) is 0.529. The van der Waals surface area contributed by atoms with Gasteiger partial charge in [0.05, 0.1) is 6.10 Å². The van der Waals surface area contributed by atoms with Gasteiger partial charge >= 0.3 is 12.1 Å². The Bertz CT molecular complexity index is 596. The largest absolute Gasteiger partial charge is 0.376 e. The zero-order chi connectivity index (χ0) is 17.6. The van der Waals surface area contributed by atoms with Gasteiger partial charge in [0, 0.05) is 45.0 Å². The predicted octanol–water partition coefficient (Wildman–Crippen LogP) is 1.86. The van der Waals surface area contributed by atoms with Crippen LogP contribution >= 0.6 is 0 Å². The molecule has 8 heteroatoms. The molecule has 0 saturated carbocycles. The second-order valence-corrected chi connectivity index (χ2v) is 6.23. The van der Waals surface area contributed by atoms with E-state index in [0.717, 1.165) is 19.4 Å². The molecule has 1 atom stereocenters. The molecule has 2 saturated heterocycles. The van der Waals surface area contributed by atoms with Gasteiger partial charge in [0.2, 0.25) is 0 Å². The lowest BCUT2D eigenvalue weighted by molar-refractivity contribution is 0.106. The molecule has 1 unspecified atom stereocenters. The SMILES string of the molecule is O=C(NCC1CCCO1)N1CCN(C(=O)Nc2ccc(F)cc2)CC1. The number of amides is 4. The van der Waals surface area contributed by atoms with Crippen LogP contribution in [0.4, 0.5) is 19.7 Å². The van der Waals surface area contributed by atoms with E-state index in [2.05, 4.69) is 10.6 Å². The minimum Gasteiger partial charge on any atom is -0.376 e. The van der Waals surface area contributed by atoms with Crippen molar-refractivity contribution in [2.24, 2.45) is 0 Å². The van der Waals surface area contributed by atoms with Crippen LogP contribution in [-0.4, -0.2) is 67.3 Å². The molecule has 4 amide bonds. The lowest BCUT2D eigenvalue weighted by Crippen LogP contribution is -2.54. The highest BCUT2D eigenvalue weighted by molar-refractivity contribution is 5.89. The van der Waals surface area contributed by atoms with Crippen molar-refractivity contribution in [1.29, 1.82) is 0 Å². The molecule has 2 aliphatic heterocycles. The molecule has 25 heavy (non-hydrogen) atoms. The van der Waals surface area contributed by atoms with Crippen LogP contribution in [0.1, 0.15) is 12.8 Å². The zero-order valence-electron chi connectivity index (χ0n) is 14.0. The van der Waals surface area contributed by atoms with Crippen molar-refractivity contribution in [2.45, 2.75) is 18.9 Å². The molecule has 3 rings (SSSR count). The number of anilines is 1. The van der Waals surface area contributed by atoms with Crippen LogP contribution in [0.15, 0.2) is 24.3 Å². The monoisotopic (exact) mass is 350 g/mol. The van der Waals surface area contributed by atoms with Gasteiger partial charge in [-0.25, -0.2) is 14.0 Å². The average molecular weight is 350 g/mol. The molecular weight excluding hydrogens is 327 g/mol. The predicted molar refractivity (Wildman–Crippen MR) is 90.9 cm³/mol. The summed E-state index contributed by atoms with van der Waals surface area (Å²) < 4.78 is 18.4. The molecule has 2 aliphatic rings. The van der Waals surface area contributed by atoms with E-state index in [0.29, 0.717) is 38.4 Å². The third-order valence-corrected chi connectivity index (χ3v) is 4.45. The summed E-state index contributed by atoms with van der Waals surface area (Å²) in [7, 11) is 0. The summed E-state index contributed by atoms with van der Waals surface area (Å²) in [6, 6.07) is 5.27. The molecule has 0 radical (unpaired) electrons. The van der Waals surface area contributed by atoms with E-state index in [4.69, 9.17) is 4.74 Å². The first-order valence-electron chi connectivity index (χ1n) is 8.58. The Morgan fingerprint density at radius 3 is 2.32 bits per heavy atom. The van der Waals surface area contributed by atoms with E-state index < -0.39 is 0 Å². The third kappa shape index (κ3) is 4.82. The molecule has 1 aromatic rings. The van der Waals surface area contributed by atoms with E-state index in [-0.39, 0.29) is 24.0 Å². The number of benzene rings is 1. The minimum atomic E-state index is -0.347. The maximum absolute atomic E-state index is 12.9. The Morgan fingerprint density at radius 1 is 1.08 bits per heavy atom. The van der Waals surface area contributed by atoms with Gasteiger partial charge < -0.3 is 25.2 Å². The summed E-state index contributed by atoms with van der Waals surface area (Å²) in [5.41, 5.74) is 0.545. The van der Waals surface area contributed by atoms with Crippen molar-refractivity contribution in [3.63, 3.8) is 0 Å².